The highest BCUT2D eigenvalue weighted by molar-refractivity contribution is 6.31. The van der Waals surface area contributed by atoms with Crippen LogP contribution in [0.3, 0.4) is 0 Å². The Kier molecular flexibility index (Phi) is 6.58. The molecule has 2 aromatic rings. The number of piperidine rings is 1. The second kappa shape index (κ2) is 9.37. The Morgan fingerprint density at radius 3 is 2.65 bits per heavy atom. The molecule has 7 heteroatoms. The number of nitrogens with zero attached hydrogens (tertiary/aromatic N) is 4. The van der Waals surface area contributed by atoms with Crippen molar-refractivity contribution in [3.05, 3.63) is 58.7 Å². The summed E-state index contributed by atoms with van der Waals surface area (Å²) < 4.78 is 0. The lowest BCUT2D eigenvalue weighted by molar-refractivity contribution is -0.137. The van der Waals surface area contributed by atoms with Gasteiger partial charge in [-0.25, -0.2) is 4.98 Å². The molecule has 2 aliphatic heterocycles. The van der Waals surface area contributed by atoms with E-state index in [4.69, 9.17) is 11.6 Å². The van der Waals surface area contributed by atoms with E-state index < -0.39 is 6.04 Å². The van der Waals surface area contributed by atoms with Gasteiger partial charge in [-0.1, -0.05) is 29.8 Å². The van der Waals surface area contributed by atoms with E-state index in [0.29, 0.717) is 18.7 Å². The number of likely N-dealkylation sites (tertiary alicyclic amines) is 2. The molecule has 2 aliphatic rings. The van der Waals surface area contributed by atoms with Gasteiger partial charge in [0, 0.05) is 50.4 Å². The molecule has 0 aliphatic carbocycles. The van der Waals surface area contributed by atoms with Gasteiger partial charge in [0.15, 0.2) is 0 Å². The first kappa shape index (κ1) is 21.8. The third-order valence-corrected chi connectivity index (χ3v) is 6.87. The van der Waals surface area contributed by atoms with Crippen LogP contribution in [0.5, 0.6) is 0 Å². The summed E-state index contributed by atoms with van der Waals surface area (Å²) >= 11 is 6.14. The quantitative estimate of drug-likeness (QED) is 0.712. The molecule has 0 N–H and O–H groups in total. The normalized spacial score (nSPS) is 20.3. The number of carbonyl (C=O) groups is 2. The van der Waals surface area contributed by atoms with E-state index in [1.165, 1.54) is 5.56 Å². The van der Waals surface area contributed by atoms with E-state index in [1.807, 2.05) is 36.1 Å². The number of aryl methyl sites for hydroxylation is 1. The van der Waals surface area contributed by atoms with Crippen molar-refractivity contribution in [2.45, 2.75) is 51.2 Å². The number of anilines is 1. The van der Waals surface area contributed by atoms with Crippen LogP contribution < -0.4 is 4.90 Å². The zero-order valence-corrected chi connectivity index (χ0v) is 18.9. The fraction of sp³-hybridized carbons (Fsp3) is 0.458. The SMILES string of the molecule is Cc1cc(CN2CCC(N3C(=O)CC[C@@H]3C(=O)N(C)c3ccccn3)CC2)ccc1Cl. The van der Waals surface area contributed by atoms with Crippen LogP contribution in [-0.4, -0.2) is 58.8 Å². The summed E-state index contributed by atoms with van der Waals surface area (Å²) in [5.41, 5.74) is 2.35. The zero-order chi connectivity index (χ0) is 22.0. The molecule has 0 spiro atoms. The van der Waals surface area contributed by atoms with Crippen molar-refractivity contribution in [3.8, 4) is 0 Å². The fourth-order valence-corrected chi connectivity index (χ4v) is 4.83. The first-order chi connectivity index (χ1) is 14.9. The van der Waals surface area contributed by atoms with Crippen molar-refractivity contribution < 1.29 is 9.59 Å². The second-order valence-electron chi connectivity index (χ2n) is 8.53. The van der Waals surface area contributed by atoms with E-state index >= 15 is 0 Å². The van der Waals surface area contributed by atoms with Gasteiger partial charge in [-0.2, -0.15) is 0 Å². The van der Waals surface area contributed by atoms with Crippen LogP contribution in [0, 0.1) is 6.92 Å². The number of halogens is 1. The molecule has 6 nitrogen and oxygen atoms in total. The number of likely N-dealkylation sites (N-methyl/N-ethyl adjacent to an activating group) is 1. The predicted octanol–water partition coefficient (Wildman–Crippen LogP) is 3.66. The minimum absolute atomic E-state index is 0.0522. The number of pyridine rings is 1. The fourth-order valence-electron chi connectivity index (χ4n) is 4.71. The summed E-state index contributed by atoms with van der Waals surface area (Å²) in [6, 6.07) is 11.4. The van der Waals surface area contributed by atoms with Gasteiger partial charge in [-0.15, -0.1) is 0 Å². The highest BCUT2D eigenvalue weighted by Crippen LogP contribution is 2.29. The van der Waals surface area contributed by atoms with Gasteiger partial charge >= 0.3 is 0 Å². The largest absolute Gasteiger partial charge is 0.328 e. The lowest BCUT2D eigenvalue weighted by Gasteiger charge is -2.39. The Balaban J connectivity index is 1.38. The van der Waals surface area contributed by atoms with Gasteiger partial charge in [0.1, 0.15) is 11.9 Å². The number of hydrogen-bond acceptors (Lipinski definition) is 4. The molecule has 0 unspecified atom stereocenters. The van der Waals surface area contributed by atoms with E-state index in [9.17, 15) is 9.59 Å². The standard InChI is InChI=1S/C24H29ClN4O2/c1-17-15-18(6-7-20(17)25)16-28-13-10-19(11-14-28)29-21(8-9-23(29)30)24(31)27(2)22-5-3-4-12-26-22/h3-7,12,15,19,21H,8-11,13-14,16H2,1-2H3/t21-/m1/s1. The maximum Gasteiger partial charge on any atom is 0.250 e. The van der Waals surface area contributed by atoms with Gasteiger partial charge in [0.05, 0.1) is 0 Å². The Morgan fingerprint density at radius 2 is 1.97 bits per heavy atom. The molecule has 0 radical (unpaired) electrons. The third kappa shape index (κ3) is 4.75. The second-order valence-corrected chi connectivity index (χ2v) is 8.94. The number of carbonyl (C=O) groups excluding carboxylic acids is 2. The molecule has 2 fully saturated rings. The van der Waals surface area contributed by atoms with Gasteiger partial charge < -0.3 is 4.90 Å². The monoisotopic (exact) mass is 440 g/mol. The summed E-state index contributed by atoms with van der Waals surface area (Å²) in [6.45, 7) is 4.72. The number of hydrogen-bond donors (Lipinski definition) is 0. The van der Waals surface area contributed by atoms with Crippen molar-refractivity contribution in [2.24, 2.45) is 0 Å². The molecule has 1 aromatic carbocycles. The number of benzene rings is 1. The molecule has 2 saturated heterocycles. The molecule has 1 atom stereocenters. The molecule has 1 aromatic heterocycles. The van der Waals surface area contributed by atoms with Crippen molar-refractivity contribution in [1.29, 1.82) is 0 Å². The van der Waals surface area contributed by atoms with E-state index in [2.05, 4.69) is 22.0 Å². The highest BCUT2D eigenvalue weighted by Gasteiger charge is 2.42. The maximum atomic E-state index is 13.2. The van der Waals surface area contributed by atoms with Crippen molar-refractivity contribution >= 4 is 29.2 Å². The summed E-state index contributed by atoms with van der Waals surface area (Å²) in [5.74, 6) is 0.656. The molecule has 31 heavy (non-hydrogen) atoms. The Hall–Kier alpha value is -2.44. The molecule has 164 valence electrons. The Morgan fingerprint density at radius 1 is 1.19 bits per heavy atom. The minimum Gasteiger partial charge on any atom is -0.328 e. The van der Waals surface area contributed by atoms with Crippen molar-refractivity contribution in [2.75, 3.05) is 25.0 Å². The lowest BCUT2D eigenvalue weighted by Crippen LogP contribution is -2.53. The van der Waals surface area contributed by atoms with E-state index in [0.717, 1.165) is 43.1 Å². The predicted molar refractivity (Wildman–Crippen MR) is 122 cm³/mol. The maximum absolute atomic E-state index is 13.2. The van der Waals surface area contributed by atoms with Gasteiger partial charge in [-0.3, -0.25) is 19.4 Å². The van der Waals surface area contributed by atoms with Crippen LogP contribution in [-0.2, 0) is 16.1 Å². The number of amides is 2. The van der Waals surface area contributed by atoms with Crippen LogP contribution in [0.1, 0.15) is 36.8 Å². The zero-order valence-electron chi connectivity index (χ0n) is 18.1. The van der Waals surface area contributed by atoms with Crippen LogP contribution >= 0.6 is 11.6 Å². The van der Waals surface area contributed by atoms with Crippen LogP contribution in [0.4, 0.5) is 5.82 Å². The molecule has 2 amide bonds. The molecule has 0 bridgehead atoms. The van der Waals surface area contributed by atoms with Gasteiger partial charge in [0.25, 0.3) is 5.91 Å². The van der Waals surface area contributed by atoms with E-state index in [-0.39, 0.29) is 17.9 Å². The smallest absolute Gasteiger partial charge is 0.250 e. The molecule has 0 saturated carbocycles. The van der Waals surface area contributed by atoms with Crippen LogP contribution in [0.15, 0.2) is 42.6 Å². The minimum atomic E-state index is -0.394. The Labute approximate surface area is 188 Å². The van der Waals surface area contributed by atoms with Crippen LogP contribution in [0.2, 0.25) is 5.02 Å². The summed E-state index contributed by atoms with van der Waals surface area (Å²) in [6.07, 6.45) is 4.47. The molecule has 4 rings (SSSR count). The topological polar surface area (TPSA) is 56.8 Å². The summed E-state index contributed by atoms with van der Waals surface area (Å²) in [5, 5.41) is 0.793. The average molecular weight is 441 g/mol. The van der Waals surface area contributed by atoms with Crippen molar-refractivity contribution in [1.82, 2.24) is 14.8 Å². The number of aromatic nitrogens is 1. The van der Waals surface area contributed by atoms with Crippen molar-refractivity contribution in [3.63, 3.8) is 0 Å². The summed E-state index contributed by atoms with van der Waals surface area (Å²) in [4.78, 5) is 36.0. The first-order valence-corrected chi connectivity index (χ1v) is 11.3. The molecular formula is C24H29ClN4O2. The number of rotatable bonds is 5. The third-order valence-electron chi connectivity index (χ3n) is 6.44. The molecule has 3 heterocycles. The van der Waals surface area contributed by atoms with Crippen LogP contribution in [0.25, 0.3) is 0 Å². The highest BCUT2D eigenvalue weighted by atomic mass is 35.5. The van der Waals surface area contributed by atoms with Gasteiger partial charge in [-0.05, 0) is 55.5 Å². The average Bonchev–Trinajstić information content (AvgIpc) is 3.18. The molecular weight excluding hydrogens is 412 g/mol. The lowest BCUT2D eigenvalue weighted by atomic mass is 10.0. The summed E-state index contributed by atoms with van der Waals surface area (Å²) in [7, 11) is 1.74. The Bertz CT molecular complexity index is 944. The van der Waals surface area contributed by atoms with Gasteiger partial charge in [0.2, 0.25) is 5.91 Å². The first-order valence-electron chi connectivity index (χ1n) is 10.9. The van der Waals surface area contributed by atoms with E-state index in [1.54, 1.807) is 18.1 Å².